The Labute approximate surface area is 127 Å². The number of hydroxylamine groups is 1. The van der Waals surface area contributed by atoms with E-state index in [9.17, 15) is 4.79 Å². The number of fused-ring (bicyclic) bond motifs is 1. The molecule has 3 rings (SSSR count). The highest BCUT2D eigenvalue weighted by Crippen LogP contribution is 2.37. The lowest BCUT2D eigenvalue weighted by Crippen LogP contribution is -2.33. The second-order valence-electron chi connectivity index (χ2n) is 5.20. The minimum atomic E-state index is -0.462. The van der Waals surface area contributed by atoms with Gasteiger partial charge in [-0.1, -0.05) is 13.0 Å². The van der Waals surface area contributed by atoms with Gasteiger partial charge in [-0.2, -0.15) is 0 Å². The molecule has 0 saturated heterocycles. The largest absolute Gasteiger partial charge is 0.355 e. The highest BCUT2D eigenvalue weighted by Gasteiger charge is 2.29. The summed E-state index contributed by atoms with van der Waals surface area (Å²) in [6.45, 7) is 1.94. The molecule has 6 heteroatoms. The molecule has 2 aromatic rings. The molecule has 1 aliphatic rings. The van der Waals surface area contributed by atoms with Gasteiger partial charge < -0.3 is 5.32 Å². The van der Waals surface area contributed by atoms with Crippen LogP contribution in [0.1, 0.15) is 18.4 Å². The van der Waals surface area contributed by atoms with Crippen LogP contribution in [0.4, 0.5) is 17.1 Å². The van der Waals surface area contributed by atoms with Crippen molar-refractivity contribution in [1.82, 2.24) is 10.5 Å². The second kappa shape index (κ2) is 5.95. The van der Waals surface area contributed by atoms with Crippen LogP contribution in [0.25, 0.3) is 0 Å². The zero-order valence-electron chi connectivity index (χ0n) is 12.0. The predicted molar refractivity (Wildman–Crippen MR) is 83.9 cm³/mol. The first-order valence-electron chi connectivity index (χ1n) is 6.98. The summed E-state index contributed by atoms with van der Waals surface area (Å²) in [5, 5.41) is 12.1. The van der Waals surface area contributed by atoms with E-state index in [2.05, 4.69) is 15.3 Å². The number of hydrogen-bond donors (Lipinski definition) is 3. The first-order chi connectivity index (χ1) is 10.7. The molecule has 0 radical (unpaired) electrons. The number of nitrogens with zero attached hydrogens (tertiary/aromatic N) is 2. The van der Waals surface area contributed by atoms with Crippen molar-refractivity contribution in [3.05, 3.63) is 48.3 Å². The quantitative estimate of drug-likeness (QED) is 0.600. The van der Waals surface area contributed by atoms with Gasteiger partial charge in [-0.25, -0.2) is 5.48 Å². The van der Waals surface area contributed by atoms with Crippen LogP contribution in [0.15, 0.2) is 47.7 Å². The molecule has 1 aromatic heterocycles. The van der Waals surface area contributed by atoms with Crippen molar-refractivity contribution in [2.24, 2.45) is 10.9 Å². The topological polar surface area (TPSA) is 86.6 Å². The molecule has 1 aliphatic heterocycles. The van der Waals surface area contributed by atoms with E-state index in [0.29, 0.717) is 0 Å². The van der Waals surface area contributed by atoms with Crippen LogP contribution in [0.5, 0.6) is 0 Å². The lowest BCUT2D eigenvalue weighted by molar-refractivity contribution is -0.131. The highest BCUT2D eigenvalue weighted by atomic mass is 16.5. The van der Waals surface area contributed by atoms with Crippen LogP contribution in [0.3, 0.4) is 0 Å². The Hall–Kier alpha value is -2.73. The number of carbonyl (C=O) groups is 1. The van der Waals surface area contributed by atoms with Crippen molar-refractivity contribution in [2.75, 3.05) is 5.32 Å². The molecule has 0 aliphatic carbocycles. The van der Waals surface area contributed by atoms with Crippen molar-refractivity contribution in [2.45, 2.75) is 12.8 Å². The number of benzene rings is 1. The second-order valence-corrected chi connectivity index (χ2v) is 5.20. The number of hydrogen-bond acceptors (Lipinski definition) is 5. The summed E-state index contributed by atoms with van der Waals surface area (Å²) in [5.41, 5.74) is 5.36. The fraction of sp³-hybridized carbons (Fsp3) is 0.188. The van der Waals surface area contributed by atoms with Gasteiger partial charge >= 0.3 is 0 Å². The number of aromatic nitrogens is 1. The Morgan fingerprint density at radius 1 is 1.18 bits per heavy atom. The van der Waals surface area contributed by atoms with Crippen LogP contribution >= 0.6 is 0 Å². The molecule has 2 unspecified atom stereocenters. The minimum absolute atomic E-state index is 0.0466. The van der Waals surface area contributed by atoms with Gasteiger partial charge in [0.1, 0.15) is 0 Å². The number of amides is 1. The molecule has 0 spiro atoms. The van der Waals surface area contributed by atoms with E-state index >= 15 is 0 Å². The van der Waals surface area contributed by atoms with E-state index in [4.69, 9.17) is 5.21 Å². The van der Waals surface area contributed by atoms with Crippen molar-refractivity contribution in [3.8, 4) is 0 Å². The Morgan fingerprint density at radius 3 is 2.68 bits per heavy atom. The SMILES string of the molecule is CC1c2ccc(Nc3ccncc3)cc2N=CC1C(=O)NO. The maximum atomic E-state index is 11.6. The Balaban J connectivity index is 1.86. The zero-order valence-corrected chi connectivity index (χ0v) is 12.0. The van der Waals surface area contributed by atoms with Crippen LogP contribution in [0.2, 0.25) is 0 Å². The summed E-state index contributed by atoms with van der Waals surface area (Å²) < 4.78 is 0. The van der Waals surface area contributed by atoms with Gasteiger partial charge in [0.2, 0.25) is 0 Å². The van der Waals surface area contributed by atoms with Gasteiger partial charge in [0.25, 0.3) is 5.91 Å². The molecular formula is C16H16N4O2. The van der Waals surface area contributed by atoms with Gasteiger partial charge in [-0.3, -0.25) is 20.0 Å². The molecule has 0 bridgehead atoms. The zero-order chi connectivity index (χ0) is 15.5. The predicted octanol–water partition coefficient (Wildman–Crippen LogP) is 2.77. The molecule has 6 nitrogen and oxygen atoms in total. The molecule has 1 amide bonds. The summed E-state index contributed by atoms with van der Waals surface area (Å²) in [5.74, 6) is -0.952. The van der Waals surface area contributed by atoms with Crippen LogP contribution in [-0.4, -0.2) is 22.3 Å². The van der Waals surface area contributed by atoms with Gasteiger partial charge in [-0.15, -0.1) is 0 Å². The van der Waals surface area contributed by atoms with Crippen LogP contribution in [-0.2, 0) is 4.79 Å². The number of nitrogens with one attached hydrogen (secondary N) is 2. The third-order valence-electron chi connectivity index (χ3n) is 3.82. The van der Waals surface area contributed by atoms with Gasteiger partial charge in [0, 0.05) is 30.0 Å². The summed E-state index contributed by atoms with van der Waals surface area (Å²) in [6, 6.07) is 9.61. The van der Waals surface area contributed by atoms with E-state index in [1.807, 2.05) is 37.3 Å². The van der Waals surface area contributed by atoms with Gasteiger partial charge in [-0.05, 0) is 35.7 Å². The number of aliphatic imine (C=N–C) groups is 1. The normalized spacial score (nSPS) is 19.4. The average Bonchev–Trinajstić information content (AvgIpc) is 2.55. The molecule has 112 valence electrons. The Bertz CT molecular complexity index is 715. The van der Waals surface area contributed by atoms with E-state index in [0.717, 1.165) is 22.6 Å². The lowest BCUT2D eigenvalue weighted by atomic mass is 9.84. The molecule has 22 heavy (non-hydrogen) atoms. The summed E-state index contributed by atoms with van der Waals surface area (Å²) >= 11 is 0. The number of rotatable bonds is 3. The van der Waals surface area contributed by atoms with E-state index in [1.54, 1.807) is 24.1 Å². The number of anilines is 2. The maximum Gasteiger partial charge on any atom is 0.252 e. The number of carbonyl (C=O) groups excluding carboxylic acids is 1. The van der Waals surface area contributed by atoms with E-state index in [-0.39, 0.29) is 5.92 Å². The van der Waals surface area contributed by atoms with Crippen LogP contribution < -0.4 is 10.8 Å². The standard InChI is InChI=1S/C16H16N4O2/c1-10-13-3-2-12(19-11-4-6-17-7-5-11)8-15(13)18-9-14(10)16(21)20-22/h2-10,14,22H,1H3,(H,17,19)(H,20,21). The van der Waals surface area contributed by atoms with Crippen molar-refractivity contribution >= 4 is 29.2 Å². The minimum Gasteiger partial charge on any atom is -0.355 e. The molecule has 1 aromatic carbocycles. The monoisotopic (exact) mass is 296 g/mol. The first-order valence-corrected chi connectivity index (χ1v) is 6.98. The Kier molecular flexibility index (Phi) is 3.84. The first kappa shape index (κ1) is 14.2. The molecular weight excluding hydrogens is 280 g/mol. The fourth-order valence-electron chi connectivity index (χ4n) is 2.57. The van der Waals surface area contributed by atoms with E-state index < -0.39 is 11.8 Å². The van der Waals surface area contributed by atoms with Gasteiger partial charge in [0.15, 0.2) is 0 Å². The number of pyridine rings is 1. The summed E-state index contributed by atoms with van der Waals surface area (Å²) in [7, 11) is 0. The molecule has 0 fully saturated rings. The smallest absolute Gasteiger partial charge is 0.252 e. The Morgan fingerprint density at radius 2 is 1.95 bits per heavy atom. The summed E-state index contributed by atoms with van der Waals surface area (Å²) in [4.78, 5) is 19.9. The molecule has 2 atom stereocenters. The summed E-state index contributed by atoms with van der Waals surface area (Å²) in [6.07, 6.45) is 5.02. The van der Waals surface area contributed by atoms with Crippen molar-refractivity contribution in [1.29, 1.82) is 0 Å². The maximum absolute atomic E-state index is 11.6. The third-order valence-corrected chi connectivity index (χ3v) is 3.82. The van der Waals surface area contributed by atoms with E-state index in [1.165, 1.54) is 0 Å². The van der Waals surface area contributed by atoms with Gasteiger partial charge in [0.05, 0.1) is 11.6 Å². The highest BCUT2D eigenvalue weighted by molar-refractivity contribution is 5.96. The fourth-order valence-corrected chi connectivity index (χ4v) is 2.57. The lowest BCUT2D eigenvalue weighted by Gasteiger charge is -2.24. The van der Waals surface area contributed by atoms with Crippen molar-refractivity contribution in [3.63, 3.8) is 0 Å². The van der Waals surface area contributed by atoms with Crippen LogP contribution in [0, 0.1) is 5.92 Å². The molecule has 2 heterocycles. The average molecular weight is 296 g/mol. The molecule has 0 saturated carbocycles. The van der Waals surface area contributed by atoms with Crippen molar-refractivity contribution < 1.29 is 10.0 Å². The molecule has 3 N–H and O–H groups in total. The third kappa shape index (κ3) is 2.68.